The summed E-state index contributed by atoms with van der Waals surface area (Å²) in [5.74, 6) is 1.26. The molecular weight excluding hydrogens is 269 g/mol. The molecule has 21 heavy (non-hydrogen) atoms. The second kappa shape index (κ2) is 5.44. The SMILES string of the molecule is N#Cc1c(NCC2CC2)nn(Cc2ccc(F)cc2)c1N. The highest BCUT2D eigenvalue weighted by Crippen LogP contribution is 2.30. The average Bonchev–Trinajstić information content (AvgIpc) is 3.26. The summed E-state index contributed by atoms with van der Waals surface area (Å²) >= 11 is 0. The van der Waals surface area contributed by atoms with E-state index in [9.17, 15) is 9.65 Å². The second-order valence-corrected chi connectivity index (χ2v) is 5.33. The summed E-state index contributed by atoms with van der Waals surface area (Å²) in [5, 5.41) is 16.8. The fourth-order valence-electron chi connectivity index (χ4n) is 2.16. The van der Waals surface area contributed by atoms with Crippen molar-refractivity contribution in [2.24, 2.45) is 5.92 Å². The van der Waals surface area contributed by atoms with Crippen molar-refractivity contribution in [1.29, 1.82) is 5.26 Å². The summed E-state index contributed by atoms with van der Waals surface area (Å²) in [6.45, 7) is 1.23. The van der Waals surface area contributed by atoms with Gasteiger partial charge in [-0.15, -0.1) is 0 Å². The minimum absolute atomic E-state index is 0.281. The van der Waals surface area contributed by atoms with E-state index in [-0.39, 0.29) is 5.82 Å². The molecule has 1 saturated carbocycles. The van der Waals surface area contributed by atoms with Crippen molar-refractivity contribution < 1.29 is 4.39 Å². The number of nitrogen functional groups attached to an aromatic ring is 1. The van der Waals surface area contributed by atoms with Gasteiger partial charge in [0, 0.05) is 6.54 Å². The van der Waals surface area contributed by atoms with Gasteiger partial charge in [0.05, 0.1) is 6.54 Å². The normalized spacial score (nSPS) is 13.9. The maximum Gasteiger partial charge on any atom is 0.168 e. The Hall–Kier alpha value is -2.55. The number of halogens is 1. The van der Waals surface area contributed by atoms with Crippen LogP contribution in [0.1, 0.15) is 24.0 Å². The molecular formula is C15H16FN5. The number of nitrogens with one attached hydrogen (secondary N) is 1. The first-order valence-electron chi connectivity index (χ1n) is 6.92. The van der Waals surface area contributed by atoms with E-state index in [1.165, 1.54) is 25.0 Å². The molecule has 0 unspecified atom stereocenters. The Bertz CT molecular complexity index is 679. The summed E-state index contributed by atoms with van der Waals surface area (Å²) in [6.07, 6.45) is 2.45. The number of hydrogen-bond donors (Lipinski definition) is 2. The Kier molecular flexibility index (Phi) is 3.48. The largest absolute Gasteiger partial charge is 0.383 e. The molecule has 1 aromatic carbocycles. The van der Waals surface area contributed by atoms with Crippen LogP contribution in [0.2, 0.25) is 0 Å². The minimum atomic E-state index is -0.281. The Morgan fingerprint density at radius 1 is 1.38 bits per heavy atom. The lowest BCUT2D eigenvalue weighted by molar-refractivity contribution is 0.625. The molecule has 2 aromatic rings. The average molecular weight is 285 g/mol. The highest BCUT2D eigenvalue weighted by Gasteiger charge is 2.23. The number of aromatic nitrogens is 2. The van der Waals surface area contributed by atoms with Crippen molar-refractivity contribution >= 4 is 11.6 Å². The van der Waals surface area contributed by atoms with Crippen LogP contribution in [0, 0.1) is 23.1 Å². The zero-order valence-electron chi connectivity index (χ0n) is 11.5. The molecule has 1 fully saturated rings. The van der Waals surface area contributed by atoms with Crippen LogP contribution >= 0.6 is 0 Å². The van der Waals surface area contributed by atoms with Crippen molar-refractivity contribution in [3.63, 3.8) is 0 Å². The molecule has 1 heterocycles. The number of anilines is 2. The molecule has 108 valence electrons. The van der Waals surface area contributed by atoms with Crippen LogP contribution in [0.4, 0.5) is 16.0 Å². The van der Waals surface area contributed by atoms with Crippen LogP contribution in [0.25, 0.3) is 0 Å². The van der Waals surface area contributed by atoms with Crippen LogP contribution < -0.4 is 11.1 Å². The third-order valence-corrected chi connectivity index (χ3v) is 3.60. The van der Waals surface area contributed by atoms with Crippen molar-refractivity contribution in [2.45, 2.75) is 19.4 Å². The maximum absolute atomic E-state index is 12.9. The highest BCUT2D eigenvalue weighted by atomic mass is 19.1. The van der Waals surface area contributed by atoms with Crippen molar-refractivity contribution in [3.8, 4) is 6.07 Å². The summed E-state index contributed by atoms with van der Waals surface area (Å²) in [4.78, 5) is 0. The van der Waals surface area contributed by atoms with Crippen LogP contribution in [-0.2, 0) is 6.54 Å². The standard InChI is InChI=1S/C15H16FN5/c16-12-5-3-11(4-6-12)9-21-14(18)13(7-17)15(20-21)19-8-10-1-2-10/h3-6,10H,1-2,8-9,18H2,(H,19,20). The van der Waals surface area contributed by atoms with Crippen LogP contribution in [0.15, 0.2) is 24.3 Å². The van der Waals surface area contributed by atoms with E-state index >= 15 is 0 Å². The Morgan fingerprint density at radius 3 is 2.71 bits per heavy atom. The predicted octanol–water partition coefficient (Wildman–Crippen LogP) is 2.35. The first kappa shape index (κ1) is 13.4. The van der Waals surface area contributed by atoms with Gasteiger partial charge in [-0.25, -0.2) is 9.07 Å². The van der Waals surface area contributed by atoms with Gasteiger partial charge >= 0.3 is 0 Å². The zero-order chi connectivity index (χ0) is 14.8. The molecule has 5 nitrogen and oxygen atoms in total. The van der Waals surface area contributed by atoms with E-state index in [2.05, 4.69) is 16.5 Å². The van der Waals surface area contributed by atoms with Gasteiger partial charge < -0.3 is 11.1 Å². The quantitative estimate of drug-likeness (QED) is 0.883. The van der Waals surface area contributed by atoms with Gasteiger partial charge in [0.2, 0.25) is 0 Å². The molecule has 1 aliphatic rings. The van der Waals surface area contributed by atoms with Gasteiger partial charge in [0.1, 0.15) is 23.3 Å². The second-order valence-electron chi connectivity index (χ2n) is 5.33. The summed E-state index contributed by atoms with van der Waals surface area (Å²) in [6, 6.07) is 8.24. The molecule has 1 aliphatic carbocycles. The topological polar surface area (TPSA) is 79.7 Å². The molecule has 0 radical (unpaired) electrons. The first-order chi connectivity index (χ1) is 10.2. The lowest BCUT2D eigenvalue weighted by Crippen LogP contribution is -2.07. The number of rotatable bonds is 5. The molecule has 3 rings (SSSR count). The van der Waals surface area contributed by atoms with Gasteiger partial charge in [0.15, 0.2) is 5.82 Å². The third kappa shape index (κ3) is 2.97. The Balaban J connectivity index is 1.80. The molecule has 0 atom stereocenters. The van der Waals surface area contributed by atoms with Gasteiger partial charge in [-0.1, -0.05) is 12.1 Å². The zero-order valence-corrected chi connectivity index (χ0v) is 11.5. The van der Waals surface area contributed by atoms with Crippen LogP contribution in [0.3, 0.4) is 0 Å². The predicted molar refractivity (Wildman–Crippen MR) is 78.1 cm³/mol. The minimum Gasteiger partial charge on any atom is -0.383 e. The fourth-order valence-corrected chi connectivity index (χ4v) is 2.16. The van der Waals surface area contributed by atoms with Gasteiger partial charge in [0.25, 0.3) is 0 Å². The molecule has 1 aromatic heterocycles. The number of nitrogens with zero attached hydrogens (tertiary/aromatic N) is 3. The summed E-state index contributed by atoms with van der Waals surface area (Å²) in [5.41, 5.74) is 7.23. The number of hydrogen-bond acceptors (Lipinski definition) is 4. The van der Waals surface area contributed by atoms with Gasteiger partial charge in [-0.3, -0.25) is 0 Å². The van der Waals surface area contributed by atoms with Gasteiger partial charge in [-0.2, -0.15) is 10.4 Å². The lowest BCUT2D eigenvalue weighted by Gasteiger charge is -2.04. The molecule has 0 aliphatic heterocycles. The lowest BCUT2D eigenvalue weighted by atomic mass is 10.2. The summed E-state index contributed by atoms with van der Waals surface area (Å²) in [7, 11) is 0. The monoisotopic (exact) mass is 285 g/mol. The smallest absolute Gasteiger partial charge is 0.168 e. The number of benzene rings is 1. The highest BCUT2D eigenvalue weighted by molar-refractivity contribution is 5.64. The van der Waals surface area contributed by atoms with Gasteiger partial charge in [-0.05, 0) is 36.5 Å². The van der Waals surface area contributed by atoms with Crippen molar-refractivity contribution in [2.75, 3.05) is 17.6 Å². The van der Waals surface area contributed by atoms with Crippen LogP contribution in [-0.4, -0.2) is 16.3 Å². The fraction of sp³-hybridized carbons (Fsp3) is 0.333. The van der Waals surface area contributed by atoms with E-state index < -0.39 is 0 Å². The van der Waals surface area contributed by atoms with E-state index in [1.54, 1.807) is 16.8 Å². The summed E-state index contributed by atoms with van der Waals surface area (Å²) < 4.78 is 14.5. The van der Waals surface area contributed by atoms with Crippen molar-refractivity contribution in [1.82, 2.24) is 9.78 Å². The molecule has 3 N–H and O–H groups in total. The molecule has 0 spiro atoms. The molecule has 0 bridgehead atoms. The number of nitriles is 1. The first-order valence-corrected chi connectivity index (χ1v) is 6.92. The van der Waals surface area contributed by atoms with E-state index in [4.69, 9.17) is 5.73 Å². The molecule has 0 amide bonds. The van der Waals surface area contributed by atoms with E-state index in [0.717, 1.165) is 12.1 Å². The Labute approximate surface area is 122 Å². The number of nitrogens with two attached hydrogens (primary N) is 1. The maximum atomic E-state index is 12.9. The van der Waals surface area contributed by atoms with E-state index in [0.29, 0.717) is 29.7 Å². The molecule has 0 saturated heterocycles. The Morgan fingerprint density at radius 2 is 2.10 bits per heavy atom. The third-order valence-electron chi connectivity index (χ3n) is 3.60. The van der Waals surface area contributed by atoms with E-state index in [1.807, 2.05) is 0 Å². The van der Waals surface area contributed by atoms with Crippen molar-refractivity contribution in [3.05, 3.63) is 41.2 Å². The van der Waals surface area contributed by atoms with Crippen LogP contribution in [0.5, 0.6) is 0 Å². The molecule has 6 heteroatoms.